The molecule has 27 heavy (non-hydrogen) atoms. The summed E-state index contributed by atoms with van der Waals surface area (Å²) in [5, 5.41) is 2.06. The standard InChI is InChI=1S/C21H27NO4S/c1-4-26-11-5-8-20(23)22-10-9-15-13-17(24-2)18(25-3)14-16(15)21(22)19-7-6-12-27-19/h6-7,12-14,21H,4-5,8-11H2,1-3H3/t21-/m1/s1. The molecule has 1 amide bonds. The summed E-state index contributed by atoms with van der Waals surface area (Å²) in [7, 11) is 3.29. The van der Waals surface area contributed by atoms with Gasteiger partial charge in [0, 0.05) is 31.1 Å². The van der Waals surface area contributed by atoms with Gasteiger partial charge in [0.05, 0.1) is 20.3 Å². The van der Waals surface area contributed by atoms with Crippen molar-refractivity contribution < 1.29 is 19.0 Å². The first-order valence-electron chi connectivity index (χ1n) is 9.35. The maximum Gasteiger partial charge on any atom is 0.223 e. The average Bonchev–Trinajstić information content (AvgIpc) is 3.23. The predicted octanol–water partition coefficient (Wildman–Crippen LogP) is 4.06. The zero-order valence-corrected chi connectivity index (χ0v) is 17.0. The van der Waals surface area contributed by atoms with Gasteiger partial charge in [0.15, 0.2) is 11.5 Å². The number of benzene rings is 1. The van der Waals surface area contributed by atoms with Gasteiger partial charge in [-0.3, -0.25) is 4.79 Å². The number of fused-ring (bicyclic) bond motifs is 1. The molecule has 3 rings (SSSR count). The van der Waals surface area contributed by atoms with Crippen LogP contribution in [-0.4, -0.2) is 44.8 Å². The first kappa shape index (κ1) is 19.7. The Morgan fingerprint density at radius 3 is 2.70 bits per heavy atom. The molecule has 0 unspecified atom stereocenters. The molecule has 5 nitrogen and oxygen atoms in total. The van der Waals surface area contributed by atoms with Crippen LogP contribution in [0.1, 0.15) is 41.8 Å². The molecule has 0 radical (unpaired) electrons. The molecule has 0 bridgehead atoms. The van der Waals surface area contributed by atoms with Gasteiger partial charge < -0.3 is 19.1 Å². The Morgan fingerprint density at radius 1 is 1.26 bits per heavy atom. The lowest BCUT2D eigenvalue weighted by Gasteiger charge is -2.37. The number of hydrogen-bond acceptors (Lipinski definition) is 5. The summed E-state index contributed by atoms with van der Waals surface area (Å²) >= 11 is 1.68. The van der Waals surface area contributed by atoms with Crippen molar-refractivity contribution in [3.05, 3.63) is 45.6 Å². The van der Waals surface area contributed by atoms with E-state index in [1.165, 1.54) is 10.4 Å². The van der Waals surface area contributed by atoms with Crippen molar-refractivity contribution in [3.63, 3.8) is 0 Å². The third-order valence-corrected chi connectivity index (χ3v) is 5.81. The lowest BCUT2D eigenvalue weighted by molar-refractivity contribution is -0.133. The van der Waals surface area contributed by atoms with E-state index in [1.54, 1.807) is 25.6 Å². The minimum Gasteiger partial charge on any atom is -0.493 e. The Labute approximate surface area is 164 Å². The molecule has 6 heteroatoms. The zero-order chi connectivity index (χ0) is 19.2. The fraction of sp³-hybridized carbons (Fsp3) is 0.476. The number of methoxy groups -OCH3 is 2. The van der Waals surface area contributed by atoms with E-state index in [2.05, 4.69) is 11.4 Å². The summed E-state index contributed by atoms with van der Waals surface area (Å²) < 4.78 is 16.4. The van der Waals surface area contributed by atoms with Crippen LogP contribution < -0.4 is 9.47 Å². The molecule has 1 aromatic carbocycles. The fourth-order valence-corrected chi connectivity index (χ4v) is 4.44. The molecular weight excluding hydrogens is 362 g/mol. The number of carbonyl (C=O) groups excluding carboxylic acids is 1. The molecule has 1 atom stereocenters. The Balaban J connectivity index is 1.92. The first-order chi connectivity index (χ1) is 13.2. The molecule has 0 N–H and O–H groups in total. The first-order valence-corrected chi connectivity index (χ1v) is 10.2. The minimum absolute atomic E-state index is 0.0758. The molecule has 146 valence electrons. The van der Waals surface area contributed by atoms with Gasteiger partial charge in [-0.1, -0.05) is 6.07 Å². The van der Waals surface area contributed by atoms with Crippen LogP contribution in [-0.2, 0) is 16.0 Å². The number of rotatable bonds is 8. The van der Waals surface area contributed by atoms with Crippen molar-refractivity contribution in [2.24, 2.45) is 0 Å². The number of amides is 1. The summed E-state index contributed by atoms with van der Waals surface area (Å²) in [6.07, 6.45) is 2.07. The van der Waals surface area contributed by atoms with Crippen molar-refractivity contribution in [2.75, 3.05) is 34.0 Å². The van der Waals surface area contributed by atoms with E-state index < -0.39 is 0 Å². The van der Waals surface area contributed by atoms with Gasteiger partial charge in [-0.25, -0.2) is 0 Å². The normalized spacial score (nSPS) is 16.1. The number of ether oxygens (including phenoxy) is 3. The van der Waals surface area contributed by atoms with Crippen LogP contribution >= 0.6 is 11.3 Å². The number of hydrogen-bond donors (Lipinski definition) is 0. The highest BCUT2D eigenvalue weighted by Crippen LogP contribution is 2.42. The summed E-state index contributed by atoms with van der Waals surface area (Å²) in [4.78, 5) is 16.1. The predicted molar refractivity (Wildman–Crippen MR) is 107 cm³/mol. The quantitative estimate of drug-likeness (QED) is 0.639. The van der Waals surface area contributed by atoms with Gasteiger partial charge in [-0.05, 0) is 54.5 Å². The van der Waals surface area contributed by atoms with Gasteiger partial charge in [0.1, 0.15) is 0 Å². The van der Waals surface area contributed by atoms with Crippen LogP contribution in [0.3, 0.4) is 0 Å². The summed E-state index contributed by atoms with van der Waals surface area (Å²) in [6.45, 7) is 3.99. The molecule has 0 saturated heterocycles. The molecule has 0 spiro atoms. The Bertz CT molecular complexity index is 760. The molecule has 0 aliphatic carbocycles. The molecule has 0 saturated carbocycles. The molecule has 1 aliphatic rings. The second kappa shape index (κ2) is 9.24. The van der Waals surface area contributed by atoms with E-state index in [0.717, 1.165) is 24.2 Å². The topological polar surface area (TPSA) is 48.0 Å². The van der Waals surface area contributed by atoms with Gasteiger partial charge in [-0.2, -0.15) is 0 Å². The Hall–Kier alpha value is -2.05. The van der Waals surface area contributed by atoms with Gasteiger partial charge in [0.2, 0.25) is 5.91 Å². The molecule has 1 aliphatic heterocycles. The van der Waals surface area contributed by atoms with Crippen molar-refractivity contribution in [2.45, 2.75) is 32.2 Å². The van der Waals surface area contributed by atoms with E-state index in [9.17, 15) is 4.79 Å². The van der Waals surface area contributed by atoms with Crippen LogP contribution in [0.15, 0.2) is 29.6 Å². The smallest absolute Gasteiger partial charge is 0.223 e. The molecular formula is C21H27NO4S. The van der Waals surface area contributed by atoms with Gasteiger partial charge >= 0.3 is 0 Å². The van der Waals surface area contributed by atoms with E-state index in [0.29, 0.717) is 31.9 Å². The zero-order valence-electron chi connectivity index (χ0n) is 16.2. The number of carbonyl (C=O) groups is 1. The third-order valence-electron chi connectivity index (χ3n) is 4.89. The maximum atomic E-state index is 13.0. The van der Waals surface area contributed by atoms with E-state index in [-0.39, 0.29) is 11.9 Å². The molecule has 2 aromatic rings. The second-order valence-corrected chi connectivity index (χ2v) is 7.44. The van der Waals surface area contributed by atoms with E-state index >= 15 is 0 Å². The Kier molecular flexibility index (Phi) is 6.74. The number of thiophene rings is 1. The van der Waals surface area contributed by atoms with E-state index in [1.807, 2.05) is 30.0 Å². The van der Waals surface area contributed by atoms with Crippen molar-refractivity contribution in [1.29, 1.82) is 0 Å². The third kappa shape index (κ3) is 4.28. The van der Waals surface area contributed by atoms with Crippen LogP contribution in [0.5, 0.6) is 11.5 Å². The van der Waals surface area contributed by atoms with Crippen LogP contribution in [0, 0.1) is 0 Å². The summed E-state index contributed by atoms with van der Waals surface area (Å²) in [5.41, 5.74) is 2.34. The highest BCUT2D eigenvalue weighted by atomic mass is 32.1. The summed E-state index contributed by atoms with van der Waals surface area (Å²) in [5.74, 6) is 1.61. The largest absolute Gasteiger partial charge is 0.493 e. The van der Waals surface area contributed by atoms with Crippen LogP contribution in [0.2, 0.25) is 0 Å². The lowest BCUT2D eigenvalue weighted by Crippen LogP contribution is -2.40. The lowest BCUT2D eigenvalue weighted by atomic mass is 9.90. The van der Waals surface area contributed by atoms with Crippen LogP contribution in [0.4, 0.5) is 0 Å². The van der Waals surface area contributed by atoms with Gasteiger partial charge in [0.25, 0.3) is 0 Å². The average molecular weight is 390 g/mol. The van der Waals surface area contributed by atoms with Crippen molar-refractivity contribution in [1.82, 2.24) is 4.90 Å². The maximum absolute atomic E-state index is 13.0. The number of nitrogens with zero attached hydrogens (tertiary/aromatic N) is 1. The van der Waals surface area contributed by atoms with Gasteiger partial charge in [-0.15, -0.1) is 11.3 Å². The monoisotopic (exact) mass is 389 g/mol. The van der Waals surface area contributed by atoms with Crippen LogP contribution in [0.25, 0.3) is 0 Å². The van der Waals surface area contributed by atoms with Crippen molar-refractivity contribution >= 4 is 17.2 Å². The SMILES string of the molecule is CCOCCCC(=O)N1CCc2cc(OC)c(OC)cc2[C@@H]1c1cccs1. The minimum atomic E-state index is -0.0758. The Morgan fingerprint density at radius 2 is 2.04 bits per heavy atom. The van der Waals surface area contributed by atoms with E-state index in [4.69, 9.17) is 14.2 Å². The highest BCUT2D eigenvalue weighted by Gasteiger charge is 2.33. The molecule has 1 aromatic heterocycles. The van der Waals surface area contributed by atoms with Crippen molar-refractivity contribution in [3.8, 4) is 11.5 Å². The summed E-state index contributed by atoms with van der Waals surface area (Å²) in [6, 6.07) is 8.13. The molecule has 2 heterocycles. The molecule has 0 fully saturated rings. The fourth-order valence-electron chi connectivity index (χ4n) is 3.58. The highest BCUT2D eigenvalue weighted by molar-refractivity contribution is 7.10. The second-order valence-electron chi connectivity index (χ2n) is 6.46.